The Bertz CT molecular complexity index is 820. The number of benzene rings is 2. The standard InChI is InChI=1S/C20H22N2O5/c1-14(23)21-16-7-5-8-17(12-16)22-19(24)13-27-20(25)11-10-15-6-3-4-9-18(15)26-2/h3-9,12H,10-11,13H2,1-2H3,(H,21,23)(H,22,24). The van der Waals surface area contributed by atoms with Crippen molar-refractivity contribution in [2.45, 2.75) is 19.8 Å². The maximum Gasteiger partial charge on any atom is 0.306 e. The Morgan fingerprint density at radius 3 is 2.37 bits per heavy atom. The first-order valence-electron chi connectivity index (χ1n) is 8.43. The molecule has 27 heavy (non-hydrogen) atoms. The Kier molecular flexibility index (Phi) is 7.37. The summed E-state index contributed by atoms with van der Waals surface area (Å²) < 4.78 is 10.2. The molecule has 0 atom stereocenters. The topological polar surface area (TPSA) is 93.7 Å². The second-order valence-corrected chi connectivity index (χ2v) is 5.78. The van der Waals surface area contributed by atoms with Crippen molar-refractivity contribution in [1.29, 1.82) is 0 Å². The number of carbonyl (C=O) groups excluding carboxylic acids is 3. The minimum atomic E-state index is -0.469. The molecule has 0 aromatic heterocycles. The summed E-state index contributed by atoms with van der Waals surface area (Å²) in [4.78, 5) is 34.9. The van der Waals surface area contributed by atoms with Gasteiger partial charge in [-0.3, -0.25) is 14.4 Å². The van der Waals surface area contributed by atoms with Crippen molar-refractivity contribution < 1.29 is 23.9 Å². The molecule has 0 saturated heterocycles. The van der Waals surface area contributed by atoms with E-state index < -0.39 is 11.9 Å². The Morgan fingerprint density at radius 2 is 1.67 bits per heavy atom. The molecular formula is C20H22N2O5. The second kappa shape index (κ2) is 9.96. The van der Waals surface area contributed by atoms with Crippen LogP contribution in [0.25, 0.3) is 0 Å². The lowest BCUT2D eigenvalue weighted by atomic mass is 10.1. The molecule has 2 aromatic carbocycles. The van der Waals surface area contributed by atoms with Gasteiger partial charge in [0, 0.05) is 24.7 Å². The first-order valence-corrected chi connectivity index (χ1v) is 8.43. The van der Waals surface area contributed by atoms with E-state index in [1.165, 1.54) is 6.92 Å². The van der Waals surface area contributed by atoms with Gasteiger partial charge in [-0.25, -0.2) is 0 Å². The van der Waals surface area contributed by atoms with E-state index >= 15 is 0 Å². The fraction of sp³-hybridized carbons (Fsp3) is 0.250. The molecule has 2 amide bonds. The number of hydrogen-bond acceptors (Lipinski definition) is 5. The molecule has 142 valence electrons. The quantitative estimate of drug-likeness (QED) is 0.697. The maximum atomic E-state index is 11.9. The summed E-state index contributed by atoms with van der Waals surface area (Å²) in [5, 5.41) is 5.24. The summed E-state index contributed by atoms with van der Waals surface area (Å²) in [5.41, 5.74) is 1.96. The van der Waals surface area contributed by atoms with Gasteiger partial charge in [0.2, 0.25) is 5.91 Å². The molecule has 7 heteroatoms. The van der Waals surface area contributed by atoms with Crippen molar-refractivity contribution >= 4 is 29.2 Å². The molecule has 0 aliphatic rings. The second-order valence-electron chi connectivity index (χ2n) is 5.78. The first kappa shape index (κ1) is 20.0. The van der Waals surface area contributed by atoms with Gasteiger partial charge >= 0.3 is 5.97 Å². The van der Waals surface area contributed by atoms with Crippen LogP contribution in [-0.2, 0) is 25.5 Å². The number of aryl methyl sites for hydroxylation is 1. The highest BCUT2D eigenvalue weighted by molar-refractivity contribution is 5.94. The summed E-state index contributed by atoms with van der Waals surface area (Å²) in [7, 11) is 1.57. The third-order valence-corrected chi connectivity index (χ3v) is 3.62. The Labute approximate surface area is 157 Å². The number of amides is 2. The van der Waals surface area contributed by atoms with Crippen molar-refractivity contribution in [2.75, 3.05) is 24.4 Å². The number of ether oxygens (including phenoxy) is 2. The molecule has 0 fully saturated rings. The molecule has 2 rings (SSSR count). The van der Waals surface area contributed by atoms with Crippen molar-refractivity contribution in [2.24, 2.45) is 0 Å². The third-order valence-electron chi connectivity index (χ3n) is 3.62. The Balaban J connectivity index is 1.78. The lowest BCUT2D eigenvalue weighted by Gasteiger charge is -2.09. The van der Waals surface area contributed by atoms with E-state index in [4.69, 9.17) is 9.47 Å². The van der Waals surface area contributed by atoms with Crippen LogP contribution in [0.2, 0.25) is 0 Å². The molecule has 0 bridgehead atoms. The van der Waals surface area contributed by atoms with Crippen LogP contribution in [0.3, 0.4) is 0 Å². The van der Waals surface area contributed by atoms with Crippen LogP contribution in [0.5, 0.6) is 5.75 Å². The zero-order chi connectivity index (χ0) is 19.6. The number of nitrogens with one attached hydrogen (secondary N) is 2. The lowest BCUT2D eigenvalue weighted by Crippen LogP contribution is -2.21. The van der Waals surface area contributed by atoms with Gasteiger partial charge in [-0.1, -0.05) is 24.3 Å². The van der Waals surface area contributed by atoms with Gasteiger partial charge in [-0.05, 0) is 36.2 Å². The number of hydrogen-bond donors (Lipinski definition) is 2. The molecule has 0 heterocycles. The summed E-state index contributed by atoms with van der Waals surface area (Å²) >= 11 is 0. The summed E-state index contributed by atoms with van der Waals surface area (Å²) in [6.45, 7) is 1.02. The molecular weight excluding hydrogens is 348 g/mol. The van der Waals surface area contributed by atoms with E-state index in [0.717, 1.165) is 5.56 Å². The van der Waals surface area contributed by atoms with E-state index in [2.05, 4.69) is 10.6 Å². The van der Waals surface area contributed by atoms with Crippen LogP contribution >= 0.6 is 0 Å². The highest BCUT2D eigenvalue weighted by Crippen LogP contribution is 2.19. The van der Waals surface area contributed by atoms with E-state index in [-0.39, 0.29) is 18.9 Å². The SMILES string of the molecule is COc1ccccc1CCC(=O)OCC(=O)Nc1cccc(NC(C)=O)c1. The lowest BCUT2D eigenvalue weighted by molar-refractivity contribution is -0.147. The van der Waals surface area contributed by atoms with Crippen molar-refractivity contribution in [3.63, 3.8) is 0 Å². The number of anilines is 2. The van der Waals surface area contributed by atoms with Gasteiger partial charge in [-0.2, -0.15) is 0 Å². The predicted octanol–water partition coefficient (Wildman–Crippen LogP) is 2.77. The molecule has 0 radical (unpaired) electrons. The van der Waals surface area contributed by atoms with E-state index in [0.29, 0.717) is 23.5 Å². The van der Waals surface area contributed by atoms with Gasteiger partial charge < -0.3 is 20.1 Å². The molecule has 0 spiro atoms. The third kappa shape index (κ3) is 6.81. The van der Waals surface area contributed by atoms with E-state index in [1.54, 1.807) is 31.4 Å². The average molecular weight is 370 g/mol. The first-order chi connectivity index (χ1) is 13.0. The summed E-state index contributed by atoms with van der Waals surface area (Å²) in [6.07, 6.45) is 0.606. The zero-order valence-corrected chi connectivity index (χ0v) is 15.3. The van der Waals surface area contributed by atoms with E-state index in [1.807, 2.05) is 24.3 Å². The zero-order valence-electron chi connectivity index (χ0n) is 15.3. The molecule has 0 saturated carbocycles. The summed E-state index contributed by atoms with van der Waals surface area (Å²) in [5.74, 6) is -0.423. The average Bonchev–Trinajstić information content (AvgIpc) is 2.64. The monoisotopic (exact) mass is 370 g/mol. The largest absolute Gasteiger partial charge is 0.496 e. The van der Waals surface area contributed by atoms with E-state index in [9.17, 15) is 14.4 Å². The minimum absolute atomic E-state index is 0.145. The van der Waals surface area contributed by atoms with Crippen molar-refractivity contribution in [1.82, 2.24) is 0 Å². The highest BCUT2D eigenvalue weighted by atomic mass is 16.5. The highest BCUT2D eigenvalue weighted by Gasteiger charge is 2.10. The van der Waals surface area contributed by atoms with Crippen LogP contribution in [0.1, 0.15) is 18.9 Å². The number of para-hydroxylation sites is 1. The van der Waals surface area contributed by atoms with Crippen LogP contribution in [0.4, 0.5) is 11.4 Å². The number of carbonyl (C=O) groups is 3. The van der Waals surface area contributed by atoms with Gasteiger partial charge in [0.15, 0.2) is 6.61 Å². The maximum absolute atomic E-state index is 11.9. The van der Waals surface area contributed by atoms with Crippen LogP contribution in [0, 0.1) is 0 Å². The van der Waals surface area contributed by atoms with Gasteiger partial charge in [-0.15, -0.1) is 0 Å². The molecule has 2 N–H and O–H groups in total. The predicted molar refractivity (Wildman–Crippen MR) is 102 cm³/mol. The van der Waals surface area contributed by atoms with Crippen molar-refractivity contribution in [3.8, 4) is 5.75 Å². The van der Waals surface area contributed by atoms with Crippen LogP contribution in [0.15, 0.2) is 48.5 Å². The Morgan fingerprint density at radius 1 is 0.963 bits per heavy atom. The molecule has 0 unspecified atom stereocenters. The fourth-order valence-electron chi connectivity index (χ4n) is 2.44. The minimum Gasteiger partial charge on any atom is -0.496 e. The fourth-order valence-corrected chi connectivity index (χ4v) is 2.44. The number of esters is 1. The van der Waals surface area contributed by atoms with Crippen molar-refractivity contribution in [3.05, 3.63) is 54.1 Å². The summed E-state index contributed by atoms with van der Waals surface area (Å²) in [6, 6.07) is 14.1. The van der Waals surface area contributed by atoms with Crippen LogP contribution in [-0.4, -0.2) is 31.5 Å². The van der Waals surface area contributed by atoms with Crippen LogP contribution < -0.4 is 15.4 Å². The molecule has 7 nitrogen and oxygen atoms in total. The van der Waals surface area contributed by atoms with Gasteiger partial charge in [0.1, 0.15) is 5.75 Å². The van der Waals surface area contributed by atoms with Gasteiger partial charge in [0.05, 0.1) is 7.11 Å². The molecule has 0 aliphatic carbocycles. The number of rotatable bonds is 8. The van der Waals surface area contributed by atoms with Gasteiger partial charge in [0.25, 0.3) is 5.91 Å². The number of methoxy groups -OCH3 is 1. The molecule has 0 aliphatic heterocycles. The Hall–Kier alpha value is -3.35. The normalized spacial score (nSPS) is 10.0. The molecule has 2 aromatic rings. The smallest absolute Gasteiger partial charge is 0.306 e.